The van der Waals surface area contributed by atoms with Gasteiger partial charge in [-0.2, -0.15) is 0 Å². The number of hydrogen-bond donors (Lipinski definition) is 0. The summed E-state index contributed by atoms with van der Waals surface area (Å²) in [6, 6.07) is 29.9. The number of ether oxygens (including phenoxy) is 1. The van der Waals surface area contributed by atoms with E-state index < -0.39 is 0 Å². The minimum atomic E-state index is 0.185. The van der Waals surface area contributed by atoms with Crippen molar-refractivity contribution in [2.75, 3.05) is 27.2 Å². The first-order chi connectivity index (χ1) is 13.7. The summed E-state index contributed by atoms with van der Waals surface area (Å²) in [6.07, 6.45) is 2.23. The normalized spacial score (nSPS) is 12.8. The third-order valence-electron chi connectivity index (χ3n) is 4.88. The molecule has 2 heteroatoms. The maximum Gasteiger partial charge on any atom is 0.119 e. The lowest BCUT2D eigenvalue weighted by molar-refractivity contribution is 0.261. The number of allylic oxidation sites excluding steroid dienone is 2. The van der Waals surface area contributed by atoms with Crippen LogP contribution in [-0.4, -0.2) is 32.1 Å². The van der Waals surface area contributed by atoms with Crippen LogP contribution in [-0.2, 0) is 0 Å². The zero-order valence-electron chi connectivity index (χ0n) is 17.0. The molecule has 3 aromatic rings. The van der Waals surface area contributed by atoms with Gasteiger partial charge >= 0.3 is 0 Å². The van der Waals surface area contributed by atoms with E-state index in [1.54, 1.807) is 0 Å². The summed E-state index contributed by atoms with van der Waals surface area (Å²) in [6.45, 7) is 3.72. The Morgan fingerprint density at radius 2 is 1.39 bits per heavy atom. The van der Waals surface area contributed by atoms with Crippen LogP contribution in [0.1, 0.15) is 29.5 Å². The average molecular weight is 372 g/mol. The molecule has 0 bridgehead atoms. The van der Waals surface area contributed by atoms with Crippen molar-refractivity contribution >= 4 is 5.57 Å². The van der Waals surface area contributed by atoms with Crippen LogP contribution in [0.5, 0.6) is 5.75 Å². The van der Waals surface area contributed by atoms with Crippen LogP contribution in [0.3, 0.4) is 0 Å². The van der Waals surface area contributed by atoms with Crippen molar-refractivity contribution < 1.29 is 4.74 Å². The van der Waals surface area contributed by atoms with E-state index >= 15 is 0 Å². The molecule has 0 saturated carbocycles. The first-order valence-corrected chi connectivity index (χ1v) is 9.83. The third-order valence-corrected chi connectivity index (χ3v) is 4.88. The number of benzene rings is 3. The molecule has 28 heavy (non-hydrogen) atoms. The highest BCUT2D eigenvalue weighted by atomic mass is 16.5. The van der Waals surface area contributed by atoms with Crippen LogP contribution in [0.25, 0.3) is 5.57 Å². The second-order valence-corrected chi connectivity index (χ2v) is 7.17. The van der Waals surface area contributed by atoms with E-state index in [9.17, 15) is 0 Å². The molecule has 0 spiro atoms. The van der Waals surface area contributed by atoms with E-state index in [0.717, 1.165) is 12.3 Å². The zero-order chi connectivity index (χ0) is 19.8. The van der Waals surface area contributed by atoms with E-state index in [1.165, 1.54) is 22.3 Å². The molecule has 0 heterocycles. The van der Waals surface area contributed by atoms with Crippen molar-refractivity contribution in [1.82, 2.24) is 4.90 Å². The molecule has 1 unspecified atom stereocenters. The molecule has 2 nitrogen and oxygen atoms in total. The molecule has 0 amide bonds. The summed E-state index contributed by atoms with van der Waals surface area (Å²) in [7, 11) is 4.11. The van der Waals surface area contributed by atoms with E-state index in [4.69, 9.17) is 4.74 Å². The molecular formula is C26H29NO. The van der Waals surface area contributed by atoms with Gasteiger partial charge < -0.3 is 9.64 Å². The van der Waals surface area contributed by atoms with Gasteiger partial charge in [0.15, 0.2) is 0 Å². The van der Waals surface area contributed by atoms with Crippen molar-refractivity contribution in [1.29, 1.82) is 0 Å². The minimum absolute atomic E-state index is 0.185. The van der Waals surface area contributed by atoms with Crippen molar-refractivity contribution in [3.63, 3.8) is 0 Å². The molecule has 0 radical (unpaired) electrons. The van der Waals surface area contributed by atoms with Gasteiger partial charge in [-0.15, -0.1) is 0 Å². The minimum Gasteiger partial charge on any atom is -0.492 e. The quantitative estimate of drug-likeness (QED) is 0.491. The fourth-order valence-electron chi connectivity index (χ4n) is 3.43. The van der Waals surface area contributed by atoms with Crippen molar-refractivity contribution in [3.05, 3.63) is 108 Å². The monoisotopic (exact) mass is 371 g/mol. The van der Waals surface area contributed by atoms with Gasteiger partial charge in [0, 0.05) is 12.5 Å². The molecule has 0 aliphatic carbocycles. The summed E-state index contributed by atoms with van der Waals surface area (Å²) in [5.74, 6) is 1.10. The van der Waals surface area contributed by atoms with Crippen molar-refractivity contribution in [2.45, 2.75) is 12.8 Å². The lowest BCUT2D eigenvalue weighted by Crippen LogP contribution is -2.19. The molecule has 0 aliphatic heterocycles. The molecule has 1 atom stereocenters. The molecule has 144 valence electrons. The predicted molar refractivity (Wildman–Crippen MR) is 119 cm³/mol. The molecule has 3 aromatic carbocycles. The van der Waals surface area contributed by atoms with Crippen LogP contribution < -0.4 is 4.74 Å². The maximum absolute atomic E-state index is 5.87. The summed E-state index contributed by atoms with van der Waals surface area (Å²) in [4.78, 5) is 2.12. The highest BCUT2D eigenvalue weighted by Crippen LogP contribution is 2.38. The van der Waals surface area contributed by atoms with Gasteiger partial charge in [-0.1, -0.05) is 78.9 Å². The number of likely N-dealkylation sites (N-methyl/N-ethyl adjacent to an activating group) is 1. The molecule has 3 rings (SSSR count). The first kappa shape index (κ1) is 19.9. The Balaban J connectivity index is 1.92. The summed E-state index contributed by atoms with van der Waals surface area (Å²) in [5, 5.41) is 0. The smallest absolute Gasteiger partial charge is 0.119 e. The second kappa shape index (κ2) is 9.91. The van der Waals surface area contributed by atoms with E-state index in [-0.39, 0.29) is 5.92 Å². The van der Waals surface area contributed by atoms with Crippen LogP contribution in [0.15, 0.2) is 91.0 Å². The maximum atomic E-state index is 5.87. The van der Waals surface area contributed by atoms with Gasteiger partial charge in [-0.05, 0) is 55.4 Å². The Hall–Kier alpha value is -2.84. The van der Waals surface area contributed by atoms with Gasteiger partial charge in [0.25, 0.3) is 0 Å². The molecule has 0 aromatic heterocycles. The highest BCUT2D eigenvalue weighted by molar-refractivity contribution is 5.75. The standard InChI is InChI=1S/C26H29NO/c1-4-25(21-11-7-5-8-12-21)26(22-13-9-6-10-14-22)23-15-17-24(18-16-23)28-20-19-27(2)3/h4-18,26H,19-20H2,1-3H3. The topological polar surface area (TPSA) is 12.5 Å². The fraction of sp³-hybridized carbons (Fsp3) is 0.231. The Bertz CT molecular complexity index is 867. The molecule has 0 N–H and O–H groups in total. The van der Waals surface area contributed by atoms with E-state index in [2.05, 4.69) is 117 Å². The summed E-state index contributed by atoms with van der Waals surface area (Å²) in [5.41, 5.74) is 5.13. The third kappa shape index (κ3) is 5.11. The van der Waals surface area contributed by atoms with Gasteiger partial charge in [0.1, 0.15) is 12.4 Å². The Morgan fingerprint density at radius 1 is 0.821 bits per heavy atom. The molecule has 0 saturated heterocycles. The number of rotatable bonds is 8. The van der Waals surface area contributed by atoms with Crippen LogP contribution in [0, 0.1) is 0 Å². The number of hydrogen-bond acceptors (Lipinski definition) is 2. The van der Waals surface area contributed by atoms with Gasteiger partial charge in [-0.25, -0.2) is 0 Å². The Kier molecular flexibility index (Phi) is 7.05. The van der Waals surface area contributed by atoms with Crippen LogP contribution in [0.4, 0.5) is 0 Å². The Morgan fingerprint density at radius 3 is 1.96 bits per heavy atom. The van der Waals surface area contributed by atoms with Gasteiger partial charge in [0.05, 0.1) is 0 Å². The highest BCUT2D eigenvalue weighted by Gasteiger charge is 2.20. The zero-order valence-corrected chi connectivity index (χ0v) is 17.0. The second-order valence-electron chi connectivity index (χ2n) is 7.17. The summed E-state index contributed by atoms with van der Waals surface area (Å²) >= 11 is 0. The summed E-state index contributed by atoms with van der Waals surface area (Å²) < 4.78 is 5.87. The van der Waals surface area contributed by atoms with Crippen molar-refractivity contribution in [3.8, 4) is 5.75 Å². The SMILES string of the molecule is CC=C(c1ccccc1)C(c1ccccc1)c1ccc(OCCN(C)C)cc1. The van der Waals surface area contributed by atoms with Crippen LogP contribution >= 0.6 is 0 Å². The largest absolute Gasteiger partial charge is 0.492 e. The van der Waals surface area contributed by atoms with E-state index in [1.807, 2.05) is 0 Å². The van der Waals surface area contributed by atoms with Crippen LogP contribution in [0.2, 0.25) is 0 Å². The molecule has 0 aliphatic rings. The molecular weight excluding hydrogens is 342 g/mol. The van der Waals surface area contributed by atoms with Gasteiger partial charge in [-0.3, -0.25) is 0 Å². The molecule has 0 fully saturated rings. The lowest BCUT2D eigenvalue weighted by Gasteiger charge is -2.22. The van der Waals surface area contributed by atoms with Crippen molar-refractivity contribution in [2.24, 2.45) is 0 Å². The predicted octanol–water partition coefficient (Wildman–Crippen LogP) is 5.86. The number of nitrogens with zero attached hydrogens (tertiary/aromatic N) is 1. The van der Waals surface area contributed by atoms with E-state index in [0.29, 0.717) is 6.61 Å². The Labute approximate surface area is 169 Å². The fourth-order valence-corrected chi connectivity index (χ4v) is 3.43. The van der Waals surface area contributed by atoms with Gasteiger partial charge in [0.2, 0.25) is 0 Å². The lowest BCUT2D eigenvalue weighted by atomic mass is 9.81. The first-order valence-electron chi connectivity index (χ1n) is 9.83. The average Bonchev–Trinajstić information content (AvgIpc) is 2.73.